The number of hydrogen-bond acceptors (Lipinski definition) is 3. The molecule has 2 aliphatic rings. The zero-order chi connectivity index (χ0) is 12.1. The number of piperazine rings is 1. The predicted molar refractivity (Wildman–Crippen MR) is 71.3 cm³/mol. The molecule has 0 amide bonds. The quantitative estimate of drug-likeness (QED) is 0.795. The van der Waals surface area contributed by atoms with Crippen LogP contribution < -0.4 is 5.32 Å². The van der Waals surface area contributed by atoms with E-state index in [0.29, 0.717) is 11.6 Å². The van der Waals surface area contributed by atoms with E-state index in [4.69, 9.17) is 4.74 Å². The SMILES string of the molecule is CCCC1CN(CCOC)C2(CCCC2)CN1. The normalized spacial score (nSPS) is 28.9. The molecule has 1 unspecified atom stereocenters. The molecule has 1 saturated carbocycles. The second-order valence-electron chi connectivity index (χ2n) is 5.74. The lowest BCUT2D eigenvalue weighted by Gasteiger charge is -2.48. The Balaban J connectivity index is 1.96. The van der Waals surface area contributed by atoms with Gasteiger partial charge < -0.3 is 10.1 Å². The van der Waals surface area contributed by atoms with Gasteiger partial charge in [-0.15, -0.1) is 0 Å². The highest BCUT2D eigenvalue weighted by molar-refractivity contribution is 5.01. The van der Waals surface area contributed by atoms with Gasteiger partial charge in [-0.05, 0) is 19.3 Å². The standard InChI is InChI=1S/C14H28N2O/c1-3-6-13-11-16(9-10-17-2)14(12-15-13)7-4-5-8-14/h13,15H,3-12H2,1-2H3. The molecule has 17 heavy (non-hydrogen) atoms. The molecular weight excluding hydrogens is 212 g/mol. The Labute approximate surface area is 106 Å². The van der Waals surface area contributed by atoms with E-state index in [9.17, 15) is 0 Å². The van der Waals surface area contributed by atoms with Crippen molar-refractivity contribution in [3.63, 3.8) is 0 Å². The average Bonchev–Trinajstić information content (AvgIpc) is 2.80. The molecule has 0 bridgehead atoms. The molecule has 0 aromatic heterocycles. The van der Waals surface area contributed by atoms with Gasteiger partial charge in [0.25, 0.3) is 0 Å². The van der Waals surface area contributed by atoms with Crippen LogP contribution in [0.4, 0.5) is 0 Å². The maximum atomic E-state index is 5.28. The Morgan fingerprint density at radius 2 is 2.12 bits per heavy atom. The predicted octanol–water partition coefficient (Wildman–Crippen LogP) is 2.02. The van der Waals surface area contributed by atoms with Gasteiger partial charge in [0.1, 0.15) is 0 Å². The molecule has 1 aliphatic carbocycles. The van der Waals surface area contributed by atoms with Crippen LogP contribution in [0.5, 0.6) is 0 Å². The second-order valence-corrected chi connectivity index (χ2v) is 5.74. The number of nitrogens with one attached hydrogen (secondary N) is 1. The van der Waals surface area contributed by atoms with E-state index in [-0.39, 0.29) is 0 Å². The van der Waals surface area contributed by atoms with E-state index in [1.54, 1.807) is 0 Å². The van der Waals surface area contributed by atoms with Crippen molar-refractivity contribution in [2.24, 2.45) is 0 Å². The van der Waals surface area contributed by atoms with E-state index in [1.807, 2.05) is 7.11 Å². The first-order valence-electron chi connectivity index (χ1n) is 7.28. The maximum Gasteiger partial charge on any atom is 0.0589 e. The van der Waals surface area contributed by atoms with Crippen LogP contribution in [0, 0.1) is 0 Å². The van der Waals surface area contributed by atoms with E-state index in [2.05, 4.69) is 17.1 Å². The van der Waals surface area contributed by atoms with Crippen LogP contribution in [0.3, 0.4) is 0 Å². The molecule has 1 saturated heterocycles. The van der Waals surface area contributed by atoms with Crippen molar-refractivity contribution in [3.05, 3.63) is 0 Å². The molecule has 2 fully saturated rings. The molecule has 0 radical (unpaired) electrons. The van der Waals surface area contributed by atoms with Crippen LogP contribution in [-0.2, 0) is 4.74 Å². The molecule has 1 atom stereocenters. The highest BCUT2D eigenvalue weighted by atomic mass is 16.5. The Morgan fingerprint density at radius 3 is 2.76 bits per heavy atom. The molecule has 0 aromatic carbocycles. The number of methoxy groups -OCH3 is 1. The summed E-state index contributed by atoms with van der Waals surface area (Å²) in [6, 6.07) is 0.697. The van der Waals surface area contributed by atoms with Crippen molar-refractivity contribution in [1.29, 1.82) is 0 Å². The van der Waals surface area contributed by atoms with Gasteiger partial charge in [0.05, 0.1) is 6.61 Å². The topological polar surface area (TPSA) is 24.5 Å². The highest BCUT2D eigenvalue weighted by Gasteiger charge is 2.42. The summed E-state index contributed by atoms with van der Waals surface area (Å²) < 4.78 is 5.28. The summed E-state index contributed by atoms with van der Waals surface area (Å²) in [6.07, 6.45) is 8.15. The smallest absolute Gasteiger partial charge is 0.0589 e. The molecule has 1 heterocycles. The third-order valence-corrected chi connectivity index (χ3v) is 4.57. The van der Waals surface area contributed by atoms with Crippen molar-refractivity contribution >= 4 is 0 Å². The van der Waals surface area contributed by atoms with Gasteiger partial charge in [0.15, 0.2) is 0 Å². The van der Waals surface area contributed by atoms with Crippen LogP contribution in [0.25, 0.3) is 0 Å². The van der Waals surface area contributed by atoms with Gasteiger partial charge in [-0.3, -0.25) is 4.90 Å². The summed E-state index contributed by atoms with van der Waals surface area (Å²) in [6.45, 7) is 6.68. The average molecular weight is 240 g/mol. The molecule has 1 N–H and O–H groups in total. The van der Waals surface area contributed by atoms with Crippen molar-refractivity contribution in [2.45, 2.75) is 57.0 Å². The van der Waals surface area contributed by atoms with Crippen LogP contribution in [0.15, 0.2) is 0 Å². The van der Waals surface area contributed by atoms with Crippen molar-refractivity contribution in [3.8, 4) is 0 Å². The van der Waals surface area contributed by atoms with Gasteiger partial charge >= 0.3 is 0 Å². The van der Waals surface area contributed by atoms with Gasteiger partial charge in [0.2, 0.25) is 0 Å². The fourth-order valence-electron chi connectivity index (χ4n) is 3.57. The molecule has 100 valence electrons. The largest absolute Gasteiger partial charge is 0.383 e. The lowest BCUT2D eigenvalue weighted by atomic mass is 9.90. The second kappa shape index (κ2) is 6.17. The molecule has 0 aromatic rings. The first-order valence-corrected chi connectivity index (χ1v) is 7.28. The minimum absolute atomic E-state index is 0.461. The molecule has 3 heteroatoms. The summed E-state index contributed by atoms with van der Waals surface area (Å²) in [7, 11) is 1.81. The monoisotopic (exact) mass is 240 g/mol. The van der Waals surface area contributed by atoms with Gasteiger partial charge in [-0.2, -0.15) is 0 Å². The first-order chi connectivity index (χ1) is 8.30. The Hall–Kier alpha value is -0.120. The Bertz CT molecular complexity index is 226. The fraction of sp³-hybridized carbons (Fsp3) is 1.00. The van der Waals surface area contributed by atoms with Crippen LogP contribution in [0.1, 0.15) is 45.4 Å². The van der Waals surface area contributed by atoms with E-state index < -0.39 is 0 Å². The van der Waals surface area contributed by atoms with E-state index >= 15 is 0 Å². The fourth-order valence-corrected chi connectivity index (χ4v) is 3.57. The van der Waals surface area contributed by atoms with Gasteiger partial charge in [-0.25, -0.2) is 0 Å². The lowest BCUT2D eigenvalue weighted by molar-refractivity contribution is 0.0202. The van der Waals surface area contributed by atoms with Crippen LogP contribution >= 0.6 is 0 Å². The third kappa shape index (κ3) is 3.01. The van der Waals surface area contributed by atoms with Crippen molar-refractivity contribution < 1.29 is 4.74 Å². The van der Waals surface area contributed by atoms with E-state index in [1.165, 1.54) is 51.6 Å². The Morgan fingerprint density at radius 1 is 1.35 bits per heavy atom. The summed E-state index contributed by atoms with van der Waals surface area (Å²) in [5.41, 5.74) is 0.461. The maximum absolute atomic E-state index is 5.28. The Kier molecular flexibility index (Phi) is 4.83. The summed E-state index contributed by atoms with van der Waals surface area (Å²) in [4.78, 5) is 2.72. The number of nitrogens with zero attached hydrogens (tertiary/aromatic N) is 1. The van der Waals surface area contributed by atoms with Crippen molar-refractivity contribution in [2.75, 3.05) is 33.4 Å². The van der Waals surface area contributed by atoms with E-state index in [0.717, 1.165) is 13.2 Å². The summed E-state index contributed by atoms with van der Waals surface area (Å²) >= 11 is 0. The minimum atomic E-state index is 0.461. The molecule has 1 spiro atoms. The summed E-state index contributed by atoms with van der Waals surface area (Å²) in [5, 5.41) is 3.78. The van der Waals surface area contributed by atoms with Crippen LogP contribution in [0.2, 0.25) is 0 Å². The minimum Gasteiger partial charge on any atom is -0.383 e. The zero-order valence-corrected chi connectivity index (χ0v) is 11.5. The van der Waals surface area contributed by atoms with Gasteiger partial charge in [-0.1, -0.05) is 26.2 Å². The van der Waals surface area contributed by atoms with Crippen molar-refractivity contribution in [1.82, 2.24) is 10.2 Å². The lowest BCUT2D eigenvalue weighted by Crippen LogP contribution is -2.64. The first kappa shape index (κ1) is 13.3. The zero-order valence-electron chi connectivity index (χ0n) is 11.5. The molecular formula is C14H28N2O. The molecule has 2 rings (SSSR count). The molecule has 3 nitrogen and oxygen atoms in total. The number of ether oxygens (including phenoxy) is 1. The summed E-state index contributed by atoms with van der Waals surface area (Å²) in [5.74, 6) is 0. The van der Waals surface area contributed by atoms with Crippen LogP contribution in [-0.4, -0.2) is 49.8 Å². The number of hydrogen-bond donors (Lipinski definition) is 1. The highest BCUT2D eigenvalue weighted by Crippen LogP contribution is 2.36. The molecule has 1 aliphatic heterocycles. The number of rotatable bonds is 5. The van der Waals surface area contributed by atoms with Gasteiger partial charge in [0, 0.05) is 38.3 Å². The third-order valence-electron chi connectivity index (χ3n) is 4.57.